The van der Waals surface area contributed by atoms with Crippen LogP contribution in [0.4, 0.5) is 5.82 Å². The molecule has 1 saturated heterocycles. The summed E-state index contributed by atoms with van der Waals surface area (Å²) in [6.45, 7) is 16.1. The van der Waals surface area contributed by atoms with Crippen LogP contribution in [0.15, 0.2) is 23.3 Å². The zero-order valence-electron chi connectivity index (χ0n) is 18.7. The van der Waals surface area contributed by atoms with Crippen LogP contribution in [0.25, 0.3) is 0 Å². The largest absolute Gasteiger partial charge is 0.357 e. The molecule has 6 heteroatoms. The molecule has 1 fully saturated rings. The van der Waals surface area contributed by atoms with Gasteiger partial charge in [0.2, 0.25) is 0 Å². The van der Waals surface area contributed by atoms with Crippen LogP contribution in [0.3, 0.4) is 0 Å². The van der Waals surface area contributed by atoms with Crippen LogP contribution < -0.4 is 15.5 Å². The van der Waals surface area contributed by atoms with Crippen LogP contribution in [0, 0.1) is 5.92 Å². The molecular formula is C22H40N6. The molecule has 1 aromatic rings. The van der Waals surface area contributed by atoms with Crippen molar-refractivity contribution in [1.29, 1.82) is 0 Å². The Labute approximate surface area is 171 Å². The van der Waals surface area contributed by atoms with E-state index in [1.54, 1.807) is 0 Å². The zero-order chi connectivity index (χ0) is 20.5. The van der Waals surface area contributed by atoms with Gasteiger partial charge < -0.3 is 15.5 Å². The fourth-order valence-corrected chi connectivity index (χ4v) is 3.77. The lowest BCUT2D eigenvalue weighted by atomic mass is 9.99. The minimum Gasteiger partial charge on any atom is -0.357 e. The third kappa shape index (κ3) is 6.97. The van der Waals surface area contributed by atoms with Crippen molar-refractivity contribution >= 4 is 11.8 Å². The van der Waals surface area contributed by atoms with E-state index in [1.807, 2.05) is 13.2 Å². The average Bonchev–Trinajstić information content (AvgIpc) is 2.68. The number of hydrogen-bond donors (Lipinski definition) is 2. The van der Waals surface area contributed by atoms with Crippen LogP contribution >= 0.6 is 0 Å². The van der Waals surface area contributed by atoms with Crippen molar-refractivity contribution < 1.29 is 0 Å². The highest BCUT2D eigenvalue weighted by molar-refractivity contribution is 5.79. The highest BCUT2D eigenvalue weighted by Crippen LogP contribution is 2.21. The fraction of sp³-hybridized carbons (Fsp3) is 0.727. The molecule has 0 atom stereocenters. The van der Waals surface area contributed by atoms with E-state index in [2.05, 4.69) is 77.2 Å². The predicted octanol–water partition coefficient (Wildman–Crippen LogP) is 3.10. The van der Waals surface area contributed by atoms with Gasteiger partial charge in [0.05, 0.1) is 0 Å². The van der Waals surface area contributed by atoms with Crippen LogP contribution in [-0.2, 0) is 6.54 Å². The summed E-state index contributed by atoms with van der Waals surface area (Å²) >= 11 is 0. The summed E-state index contributed by atoms with van der Waals surface area (Å²) in [6.07, 6.45) is 4.50. The van der Waals surface area contributed by atoms with Gasteiger partial charge in [0.25, 0.3) is 0 Å². The van der Waals surface area contributed by atoms with E-state index in [9.17, 15) is 0 Å². The van der Waals surface area contributed by atoms with E-state index >= 15 is 0 Å². The van der Waals surface area contributed by atoms with E-state index in [1.165, 1.54) is 18.4 Å². The van der Waals surface area contributed by atoms with E-state index in [4.69, 9.17) is 0 Å². The lowest BCUT2D eigenvalue weighted by Gasteiger charge is -2.31. The summed E-state index contributed by atoms with van der Waals surface area (Å²) in [7, 11) is 1.82. The number of nitrogens with one attached hydrogen (secondary N) is 2. The molecule has 2 N–H and O–H groups in total. The number of hydrogen-bond acceptors (Lipinski definition) is 4. The van der Waals surface area contributed by atoms with Gasteiger partial charge in [0.1, 0.15) is 5.82 Å². The number of nitrogens with zero attached hydrogens (tertiary/aromatic N) is 4. The Balaban J connectivity index is 1.77. The average molecular weight is 389 g/mol. The third-order valence-electron chi connectivity index (χ3n) is 5.59. The topological polar surface area (TPSA) is 55.8 Å². The molecule has 0 unspecified atom stereocenters. The molecule has 0 bridgehead atoms. The molecule has 1 aromatic heterocycles. The number of rotatable bonds is 8. The Morgan fingerprint density at radius 1 is 1.18 bits per heavy atom. The van der Waals surface area contributed by atoms with Crippen molar-refractivity contribution in [2.24, 2.45) is 10.9 Å². The summed E-state index contributed by atoms with van der Waals surface area (Å²) in [5.74, 6) is 2.77. The van der Waals surface area contributed by atoms with E-state index in [-0.39, 0.29) is 0 Å². The molecule has 158 valence electrons. The highest BCUT2D eigenvalue weighted by Gasteiger charge is 2.16. The van der Waals surface area contributed by atoms with Gasteiger partial charge in [-0.25, -0.2) is 4.98 Å². The Morgan fingerprint density at radius 2 is 1.86 bits per heavy atom. The minimum absolute atomic E-state index is 0.546. The van der Waals surface area contributed by atoms with Gasteiger partial charge in [-0.1, -0.05) is 13.0 Å². The summed E-state index contributed by atoms with van der Waals surface area (Å²) in [5, 5.41) is 6.81. The molecule has 6 nitrogen and oxygen atoms in total. The van der Waals surface area contributed by atoms with E-state index in [0.717, 1.165) is 50.4 Å². The molecule has 2 heterocycles. The second-order valence-electron chi connectivity index (χ2n) is 8.47. The zero-order valence-corrected chi connectivity index (χ0v) is 18.7. The first-order valence-corrected chi connectivity index (χ1v) is 10.8. The van der Waals surface area contributed by atoms with Crippen molar-refractivity contribution in [1.82, 2.24) is 20.5 Å². The van der Waals surface area contributed by atoms with Crippen molar-refractivity contribution in [3.05, 3.63) is 23.9 Å². The van der Waals surface area contributed by atoms with E-state index in [0.29, 0.717) is 12.1 Å². The molecule has 0 aromatic carbocycles. The number of aliphatic imine (C=N–C) groups is 1. The van der Waals surface area contributed by atoms with Gasteiger partial charge in [0.15, 0.2) is 5.96 Å². The maximum absolute atomic E-state index is 4.67. The van der Waals surface area contributed by atoms with Crippen LogP contribution in [-0.4, -0.2) is 61.2 Å². The second-order valence-corrected chi connectivity index (χ2v) is 8.47. The number of guanidine groups is 1. The quantitative estimate of drug-likeness (QED) is 0.529. The summed E-state index contributed by atoms with van der Waals surface area (Å²) in [6, 6.07) is 5.40. The Morgan fingerprint density at radius 3 is 2.39 bits per heavy atom. The number of piperidine rings is 1. The number of anilines is 1. The van der Waals surface area contributed by atoms with E-state index < -0.39 is 0 Å². The minimum atomic E-state index is 0.546. The lowest BCUT2D eigenvalue weighted by Crippen LogP contribution is -2.45. The Hall–Kier alpha value is -1.82. The normalized spacial score (nSPS) is 16.3. The first kappa shape index (κ1) is 22.5. The molecule has 0 saturated carbocycles. The molecule has 2 rings (SSSR count). The van der Waals surface area contributed by atoms with Gasteiger partial charge in [0, 0.05) is 58.1 Å². The SMILES string of the molecule is CN=C(NCCN(C(C)C)C(C)C)NCc1ccc(N2CCC(C)CC2)nc1. The smallest absolute Gasteiger partial charge is 0.191 e. The van der Waals surface area contributed by atoms with Crippen molar-refractivity contribution in [3.63, 3.8) is 0 Å². The number of aromatic nitrogens is 1. The molecule has 0 radical (unpaired) electrons. The van der Waals surface area contributed by atoms with Gasteiger partial charge >= 0.3 is 0 Å². The van der Waals surface area contributed by atoms with Gasteiger partial charge in [-0.05, 0) is 58.1 Å². The predicted molar refractivity (Wildman–Crippen MR) is 120 cm³/mol. The molecule has 1 aliphatic heterocycles. The third-order valence-corrected chi connectivity index (χ3v) is 5.59. The standard InChI is InChI=1S/C22H40N6/c1-17(2)28(18(3)4)14-11-24-22(23-6)26-16-20-7-8-21(25-15-20)27-12-9-19(5)10-13-27/h7-8,15,17-19H,9-14,16H2,1-6H3,(H2,23,24,26). The molecule has 1 aliphatic rings. The van der Waals surface area contributed by atoms with Crippen LogP contribution in [0.5, 0.6) is 0 Å². The van der Waals surface area contributed by atoms with Crippen molar-refractivity contribution in [3.8, 4) is 0 Å². The van der Waals surface area contributed by atoms with Gasteiger partial charge in [-0.15, -0.1) is 0 Å². The lowest BCUT2D eigenvalue weighted by molar-refractivity contribution is 0.178. The van der Waals surface area contributed by atoms with Crippen molar-refractivity contribution in [2.75, 3.05) is 38.1 Å². The maximum Gasteiger partial charge on any atom is 0.191 e. The number of pyridine rings is 1. The Kier molecular flexibility index (Phi) is 9.03. The summed E-state index contributed by atoms with van der Waals surface area (Å²) in [5.41, 5.74) is 1.17. The molecule has 0 amide bonds. The van der Waals surface area contributed by atoms with Crippen LogP contribution in [0.1, 0.15) is 53.0 Å². The first-order chi connectivity index (χ1) is 13.4. The van der Waals surface area contributed by atoms with Crippen LogP contribution in [0.2, 0.25) is 0 Å². The molecular weight excluding hydrogens is 348 g/mol. The monoisotopic (exact) mass is 388 g/mol. The molecule has 0 aliphatic carbocycles. The maximum atomic E-state index is 4.67. The highest BCUT2D eigenvalue weighted by atomic mass is 15.2. The molecule has 0 spiro atoms. The Bertz CT molecular complexity index is 580. The molecule has 28 heavy (non-hydrogen) atoms. The van der Waals surface area contributed by atoms with Gasteiger partial charge in [-0.2, -0.15) is 0 Å². The van der Waals surface area contributed by atoms with Gasteiger partial charge in [-0.3, -0.25) is 9.89 Å². The fourth-order valence-electron chi connectivity index (χ4n) is 3.77. The second kappa shape index (κ2) is 11.2. The summed E-state index contributed by atoms with van der Waals surface area (Å²) < 4.78 is 0. The summed E-state index contributed by atoms with van der Waals surface area (Å²) in [4.78, 5) is 13.9. The van der Waals surface area contributed by atoms with Crippen molar-refractivity contribution in [2.45, 2.75) is 66.1 Å². The first-order valence-electron chi connectivity index (χ1n) is 10.8.